The molecule has 24 heavy (non-hydrogen) atoms. The first-order valence-electron chi connectivity index (χ1n) is 7.96. The molecule has 124 valence electrons. The van der Waals surface area contributed by atoms with Gasteiger partial charge in [-0.3, -0.25) is 4.79 Å². The Balaban J connectivity index is 1.56. The third kappa shape index (κ3) is 2.76. The summed E-state index contributed by atoms with van der Waals surface area (Å²) >= 11 is 3.52. The van der Waals surface area contributed by atoms with Crippen LogP contribution in [0.3, 0.4) is 0 Å². The molecule has 0 aliphatic carbocycles. The lowest BCUT2D eigenvalue weighted by atomic mass is 10.0. The standard InChI is InChI=1S/C18H18BrN3O2/c19-12-1-2-16-13(8-12)14-9-22(5-3-17(14)21-16)18(23)15(20)7-11-4-6-24-10-11/h1-2,4,6,8,10,15,21H,3,5,7,9,20H2. The van der Waals surface area contributed by atoms with Crippen molar-refractivity contribution in [1.82, 2.24) is 9.88 Å². The summed E-state index contributed by atoms with van der Waals surface area (Å²) in [4.78, 5) is 18.0. The maximum absolute atomic E-state index is 12.7. The molecule has 1 unspecified atom stereocenters. The number of fused-ring (bicyclic) bond motifs is 3. The van der Waals surface area contributed by atoms with Crippen LogP contribution in [-0.2, 0) is 24.2 Å². The normalized spacial score (nSPS) is 15.5. The van der Waals surface area contributed by atoms with Crippen molar-refractivity contribution >= 4 is 32.7 Å². The Labute approximate surface area is 147 Å². The van der Waals surface area contributed by atoms with Crippen LogP contribution in [0, 0.1) is 0 Å². The third-order valence-electron chi connectivity index (χ3n) is 4.60. The minimum absolute atomic E-state index is 0.00815. The van der Waals surface area contributed by atoms with Crippen LogP contribution in [0.4, 0.5) is 0 Å². The minimum atomic E-state index is -0.541. The molecule has 4 rings (SSSR count). The molecule has 1 aromatic carbocycles. The monoisotopic (exact) mass is 387 g/mol. The molecule has 5 nitrogen and oxygen atoms in total. The summed E-state index contributed by atoms with van der Waals surface area (Å²) in [5.41, 5.74) is 10.6. The second-order valence-electron chi connectivity index (χ2n) is 6.22. The van der Waals surface area contributed by atoms with Crippen LogP contribution in [0.5, 0.6) is 0 Å². The summed E-state index contributed by atoms with van der Waals surface area (Å²) < 4.78 is 6.09. The lowest BCUT2D eigenvalue weighted by Crippen LogP contribution is -2.46. The van der Waals surface area contributed by atoms with E-state index in [-0.39, 0.29) is 5.91 Å². The Morgan fingerprint density at radius 3 is 3.08 bits per heavy atom. The van der Waals surface area contributed by atoms with Crippen molar-refractivity contribution in [2.24, 2.45) is 5.73 Å². The first kappa shape index (κ1) is 15.5. The van der Waals surface area contributed by atoms with Crippen molar-refractivity contribution < 1.29 is 9.21 Å². The number of furan rings is 1. The van der Waals surface area contributed by atoms with E-state index in [0.717, 1.165) is 22.0 Å². The van der Waals surface area contributed by atoms with Gasteiger partial charge in [-0.05, 0) is 36.2 Å². The molecule has 6 heteroatoms. The summed E-state index contributed by atoms with van der Waals surface area (Å²) in [5, 5.41) is 1.17. The summed E-state index contributed by atoms with van der Waals surface area (Å²) in [6, 6.07) is 7.49. The Morgan fingerprint density at radius 2 is 2.29 bits per heavy atom. The fourth-order valence-electron chi connectivity index (χ4n) is 3.36. The largest absolute Gasteiger partial charge is 0.472 e. The number of rotatable bonds is 3. The highest BCUT2D eigenvalue weighted by Gasteiger charge is 2.27. The average molecular weight is 388 g/mol. The van der Waals surface area contributed by atoms with Crippen LogP contribution in [0.15, 0.2) is 45.7 Å². The van der Waals surface area contributed by atoms with E-state index in [9.17, 15) is 4.79 Å². The van der Waals surface area contributed by atoms with E-state index >= 15 is 0 Å². The van der Waals surface area contributed by atoms with Gasteiger partial charge in [0, 0.05) is 46.1 Å². The zero-order valence-electron chi connectivity index (χ0n) is 13.1. The van der Waals surface area contributed by atoms with Crippen LogP contribution in [-0.4, -0.2) is 28.4 Å². The summed E-state index contributed by atoms with van der Waals surface area (Å²) in [6.45, 7) is 1.29. The van der Waals surface area contributed by atoms with Crippen molar-refractivity contribution in [3.63, 3.8) is 0 Å². The van der Waals surface area contributed by atoms with Gasteiger partial charge in [0.05, 0.1) is 18.6 Å². The maximum atomic E-state index is 12.7. The Morgan fingerprint density at radius 1 is 1.42 bits per heavy atom. The third-order valence-corrected chi connectivity index (χ3v) is 5.10. The second-order valence-corrected chi connectivity index (χ2v) is 7.14. The van der Waals surface area contributed by atoms with Gasteiger partial charge in [-0.2, -0.15) is 0 Å². The van der Waals surface area contributed by atoms with Crippen LogP contribution in [0.25, 0.3) is 10.9 Å². The number of H-pyrrole nitrogens is 1. The van der Waals surface area contributed by atoms with E-state index in [1.807, 2.05) is 17.0 Å². The number of carbonyl (C=O) groups is 1. The number of hydrogen-bond donors (Lipinski definition) is 2. The van der Waals surface area contributed by atoms with Crippen LogP contribution < -0.4 is 5.73 Å². The van der Waals surface area contributed by atoms with E-state index < -0.39 is 6.04 Å². The number of aromatic amines is 1. The van der Waals surface area contributed by atoms with Crippen molar-refractivity contribution in [3.8, 4) is 0 Å². The van der Waals surface area contributed by atoms with Crippen LogP contribution in [0.1, 0.15) is 16.8 Å². The van der Waals surface area contributed by atoms with Crippen LogP contribution in [0.2, 0.25) is 0 Å². The van der Waals surface area contributed by atoms with Gasteiger partial charge in [0.25, 0.3) is 0 Å². The lowest BCUT2D eigenvalue weighted by Gasteiger charge is -2.29. The maximum Gasteiger partial charge on any atom is 0.240 e. The number of nitrogens with zero attached hydrogens (tertiary/aromatic N) is 1. The number of nitrogens with one attached hydrogen (secondary N) is 1. The van der Waals surface area contributed by atoms with E-state index in [1.54, 1.807) is 12.5 Å². The fourth-order valence-corrected chi connectivity index (χ4v) is 3.72. The zero-order valence-corrected chi connectivity index (χ0v) is 14.7. The number of carbonyl (C=O) groups excluding carboxylic acids is 1. The van der Waals surface area contributed by atoms with Crippen molar-refractivity contribution in [1.29, 1.82) is 0 Å². The van der Waals surface area contributed by atoms with E-state index in [1.165, 1.54) is 16.6 Å². The summed E-state index contributed by atoms with van der Waals surface area (Å²) in [7, 11) is 0. The van der Waals surface area contributed by atoms with Crippen molar-refractivity contribution in [2.45, 2.75) is 25.4 Å². The van der Waals surface area contributed by atoms with Crippen LogP contribution >= 0.6 is 15.9 Å². The second kappa shape index (κ2) is 6.11. The zero-order chi connectivity index (χ0) is 16.7. The summed E-state index contributed by atoms with van der Waals surface area (Å²) in [5.74, 6) is -0.00815. The molecule has 0 bridgehead atoms. The number of nitrogens with two attached hydrogens (primary N) is 1. The number of halogens is 1. The molecule has 0 fully saturated rings. The number of aromatic nitrogens is 1. The van der Waals surface area contributed by atoms with E-state index in [2.05, 4.69) is 33.0 Å². The quantitative estimate of drug-likeness (QED) is 0.725. The van der Waals surface area contributed by atoms with Gasteiger partial charge in [-0.25, -0.2) is 0 Å². The molecule has 3 heterocycles. The number of hydrogen-bond acceptors (Lipinski definition) is 3. The summed E-state index contributed by atoms with van der Waals surface area (Å²) in [6.07, 6.45) is 4.56. The van der Waals surface area contributed by atoms with Gasteiger partial charge in [0.15, 0.2) is 0 Å². The topological polar surface area (TPSA) is 75.3 Å². The average Bonchev–Trinajstić information content (AvgIpc) is 3.21. The van der Waals surface area contributed by atoms with Gasteiger partial charge in [0.2, 0.25) is 5.91 Å². The molecule has 0 saturated heterocycles. The predicted octanol–water partition coefficient (Wildman–Crippen LogP) is 2.98. The molecule has 0 saturated carbocycles. The smallest absolute Gasteiger partial charge is 0.240 e. The molecule has 0 spiro atoms. The van der Waals surface area contributed by atoms with E-state index in [0.29, 0.717) is 19.5 Å². The fraction of sp³-hybridized carbons (Fsp3) is 0.278. The van der Waals surface area contributed by atoms with E-state index in [4.69, 9.17) is 10.2 Å². The van der Waals surface area contributed by atoms with Crippen molar-refractivity contribution in [3.05, 3.63) is 58.1 Å². The Kier molecular flexibility index (Phi) is 3.94. The minimum Gasteiger partial charge on any atom is -0.472 e. The van der Waals surface area contributed by atoms with Crippen molar-refractivity contribution in [2.75, 3.05) is 6.54 Å². The Bertz CT molecular complexity index is 885. The van der Waals surface area contributed by atoms with Gasteiger partial charge >= 0.3 is 0 Å². The Hall–Kier alpha value is -2.05. The first-order valence-corrected chi connectivity index (χ1v) is 8.75. The SMILES string of the molecule is NC(Cc1ccoc1)C(=O)N1CCc2[nH]c3ccc(Br)cc3c2C1. The highest BCUT2D eigenvalue weighted by molar-refractivity contribution is 9.10. The first-order chi connectivity index (χ1) is 11.6. The molecular weight excluding hydrogens is 370 g/mol. The molecule has 2 aromatic heterocycles. The van der Waals surface area contributed by atoms with Gasteiger partial charge in [-0.15, -0.1) is 0 Å². The molecule has 1 amide bonds. The number of benzene rings is 1. The number of amides is 1. The molecular formula is C18H18BrN3O2. The van der Waals surface area contributed by atoms with Gasteiger partial charge < -0.3 is 20.0 Å². The molecule has 1 atom stereocenters. The molecule has 1 aliphatic rings. The highest BCUT2D eigenvalue weighted by atomic mass is 79.9. The highest BCUT2D eigenvalue weighted by Crippen LogP contribution is 2.30. The predicted molar refractivity (Wildman–Crippen MR) is 95.5 cm³/mol. The lowest BCUT2D eigenvalue weighted by molar-refractivity contribution is -0.133. The molecule has 0 radical (unpaired) electrons. The molecule has 3 aromatic rings. The van der Waals surface area contributed by atoms with Gasteiger partial charge in [0.1, 0.15) is 0 Å². The van der Waals surface area contributed by atoms with Gasteiger partial charge in [-0.1, -0.05) is 15.9 Å². The molecule has 3 N–H and O–H groups in total. The molecule has 1 aliphatic heterocycles.